The predicted molar refractivity (Wildman–Crippen MR) is 189 cm³/mol. The van der Waals surface area contributed by atoms with Gasteiger partial charge in [-0.1, -0.05) is 97.1 Å². The molecule has 11 rings (SSSR count). The Morgan fingerprint density at radius 1 is 0.457 bits per heavy atom. The lowest BCUT2D eigenvalue weighted by molar-refractivity contribution is 1.01. The summed E-state index contributed by atoms with van der Waals surface area (Å²) >= 11 is 0. The van der Waals surface area contributed by atoms with Gasteiger partial charge >= 0.3 is 0 Å². The number of hydrogen-bond acceptors (Lipinski definition) is 3. The minimum atomic E-state index is 0.614. The monoisotopic (exact) mass is 585 g/mol. The van der Waals surface area contributed by atoms with Gasteiger partial charge in [-0.3, -0.25) is 4.57 Å². The van der Waals surface area contributed by atoms with Gasteiger partial charge in [-0.25, -0.2) is 9.97 Å². The summed E-state index contributed by atoms with van der Waals surface area (Å²) in [6.45, 7) is 0. The van der Waals surface area contributed by atoms with E-state index in [0.29, 0.717) is 11.6 Å². The molecule has 5 aromatic heterocycles. The van der Waals surface area contributed by atoms with Gasteiger partial charge in [-0.05, 0) is 47.2 Å². The Kier molecular flexibility index (Phi) is 4.52. The molecule has 5 nitrogen and oxygen atoms in total. The lowest BCUT2D eigenvalue weighted by atomic mass is 10.00. The first kappa shape index (κ1) is 24.0. The van der Waals surface area contributed by atoms with Gasteiger partial charge < -0.3 is 4.40 Å². The molecule has 5 heteroatoms. The van der Waals surface area contributed by atoms with E-state index >= 15 is 0 Å². The normalized spacial score (nSPS) is 12.3. The molecule has 0 spiro atoms. The van der Waals surface area contributed by atoms with Gasteiger partial charge in [-0.2, -0.15) is 4.98 Å². The molecule has 5 heterocycles. The van der Waals surface area contributed by atoms with E-state index in [-0.39, 0.29) is 0 Å². The molecule has 0 fully saturated rings. The van der Waals surface area contributed by atoms with Crippen molar-refractivity contribution < 1.29 is 0 Å². The van der Waals surface area contributed by atoms with E-state index in [4.69, 9.17) is 15.0 Å². The number of hydrogen-bond donors (Lipinski definition) is 0. The fourth-order valence-electron chi connectivity index (χ4n) is 7.84. The summed E-state index contributed by atoms with van der Waals surface area (Å²) in [6.07, 6.45) is 1.81. The van der Waals surface area contributed by atoms with Crippen LogP contribution in [0.5, 0.6) is 0 Å². The molecular formula is C41H23N5. The zero-order valence-electron chi connectivity index (χ0n) is 24.5. The largest absolute Gasteiger partial charge is 0.308 e. The second kappa shape index (κ2) is 8.65. The molecule has 0 aliphatic rings. The molecule has 0 radical (unpaired) electrons. The van der Waals surface area contributed by atoms with Crippen LogP contribution in [0.15, 0.2) is 140 Å². The number of benzene rings is 6. The van der Waals surface area contributed by atoms with Gasteiger partial charge in [0.25, 0.3) is 0 Å². The first-order chi connectivity index (χ1) is 22.8. The molecule has 0 bridgehead atoms. The maximum Gasteiger partial charge on any atom is 0.237 e. The van der Waals surface area contributed by atoms with Crippen LogP contribution in [0.1, 0.15) is 0 Å². The van der Waals surface area contributed by atoms with Gasteiger partial charge in [0.05, 0.1) is 33.3 Å². The van der Waals surface area contributed by atoms with Crippen LogP contribution in [0.25, 0.3) is 98.9 Å². The zero-order chi connectivity index (χ0) is 29.9. The predicted octanol–water partition coefficient (Wildman–Crippen LogP) is 10.1. The van der Waals surface area contributed by atoms with Crippen molar-refractivity contribution >= 4 is 81.7 Å². The van der Waals surface area contributed by atoms with Crippen LogP contribution in [-0.2, 0) is 0 Å². The second-order valence-corrected chi connectivity index (χ2v) is 12.0. The van der Waals surface area contributed by atoms with E-state index in [1.807, 2.05) is 18.3 Å². The van der Waals surface area contributed by atoms with E-state index in [1.54, 1.807) is 0 Å². The highest BCUT2D eigenvalue weighted by Crippen LogP contribution is 2.47. The third-order valence-electron chi connectivity index (χ3n) is 9.69. The van der Waals surface area contributed by atoms with Crippen molar-refractivity contribution in [3.8, 4) is 17.2 Å². The summed E-state index contributed by atoms with van der Waals surface area (Å²) in [5, 5.41) is 10.7. The average molecular weight is 586 g/mol. The van der Waals surface area contributed by atoms with Crippen molar-refractivity contribution in [2.75, 3.05) is 0 Å². The summed E-state index contributed by atoms with van der Waals surface area (Å²) in [5.74, 6) is 0.614. The number of rotatable bonds is 2. The number of pyridine rings is 1. The van der Waals surface area contributed by atoms with Gasteiger partial charge in [-0.15, -0.1) is 0 Å². The fraction of sp³-hybridized carbons (Fsp3) is 0. The Morgan fingerprint density at radius 2 is 1.15 bits per heavy atom. The first-order valence-corrected chi connectivity index (χ1v) is 15.6. The van der Waals surface area contributed by atoms with E-state index in [9.17, 15) is 0 Å². The summed E-state index contributed by atoms with van der Waals surface area (Å²) in [6, 6.07) is 47.4. The summed E-state index contributed by atoms with van der Waals surface area (Å²) in [4.78, 5) is 15.3. The molecule has 0 saturated heterocycles. The summed E-state index contributed by atoms with van der Waals surface area (Å²) < 4.78 is 4.74. The van der Waals surface area contributed by atoms with E-state index in [0.717, 1.165) is 27.7 Å². The Bertz CT molecular complexity index is 3020. The Labute approximate surface area is 261 Å². The third kappa shape index (κ3) is 2.97. The number of nitrogens with zero attached hydrogens (tertiary/aromatic N) is 5. The molecule has 0 unspecified atom stereocenters. The minimum absolute atomic E-state index is 0.614. The molecule has 0 N–H and O–H groups in total. The van der Waals surface area contributed by atoms with Crippen LogP contribution >= 0.6 is 0 Å². The van der Waals surface area contributed by atoms with Crippen LogP contribution < -0.4 is 0 Å². The van der Waals surface area contributed by atoms with Crippen molar-refractivity contribution in [1.29, 1.82) is 0 Å². The van der Waals surface area contributed by atoms with Crippen molar-refractivity contribution in [3.05, 3.63) is 140 Å². The molecule has 46 heavy (non-hydrogen) atoms. The van der Waals surface area contributed by atoms with E-state index in [2.05, 4.69) is 130 Å². The van der Waals surface area contributed by atoms with Crippen molar-refractivity contribution in [2.24, 2.45) is 0 Å². The van der Waals surface area contributed by atoms with Crippen LogP contribution in [0.4, 0.5) is 0 Å². The van der Waals surface area contributed by atoms with Crippen molar-refractivity contribution in [3.63, 3.8) is 0 Å². The smallest absolute Gasteiger partial charge is 0.237 e. The standard InChI is InChI=1S/C41H23N5/c1-2-12-25(13-3-1)37-29-17-10-22-42-40(29)44-41(43-37)46-33-19-9-7-16-28(33)31-23-30-27-15-6-8-18-32(27)45-34-21-20-24-11-4-5-14-26(24)35(34)36(38(30)45)39(31)46/h1-23H. The fourth-order valence-corrected chi connectivity index (χ4v) is 7.84. The van der Waals surface area contributed by atoms with Crippen molar-refractivity contribution in [1.82, 2.24) is 23.9 Å². The lowest BCUT2D eigenvalue weighted by Crippen LogP contribution is -2.04. The quantitative estimate of drug-likeness (QED) is 0.203. The summed E-state index contributed by atoms with van der Waals surface area (Å²) in [5.41, 5.74) is 8.41. The maximum atomic E-state index is 5.35. The number of fused-ring (bicyclic) bond motifs is 13. The molecule has 0 aliphatic carbocycles. The van der Waals surface area contributed by atoms with Crippen molar-refractivity contribution in [2.45, 2.75) is 0 Å². The molecular weight excluding hydrogens is 562 g/mol. The van der Waals surface area contributed by atoms with Gasteiger partial charge in [0.1, 0.15) is 0 Å². The Morgan fingerprint density at radius 3 is 2.02 bits per heavy atom. The van der Waals surface area contributed by atoms with E-state index in [1.165, 1.54) is 59.6 Å². The molecule has 0 atom stereocenters. The zero-order valence-corrected chi connectivity index (χ0v) is 24.5. The topological polar surface area (TPSA) is 48.0 Å². The minimum Gasteiger partial charge on any atom is -0.308 e. The van der Waals surface area contributed by atoms with Crippen LogP contribution in [0.3, 0.4) is 0 Å². The van der Waals surface area contributed by atoms with Crippen LogP contribution in [0.2, 0.25) is 0 Å². The lowest BCUT2D eigenvalue weighted by Gasteiger charge is -2.12. The number of para-hydroxylation sites is 2. The van der Waals surface area contributed by atoms with Gasteiger partial charge in [0.2, 0.25) is 5.95 Å². The highest BCUT2D eigenvalue weighted by atomic mass is 15.2. The molecule has 6 aromatic carbocycles. The van der Waals surface area contributed by atoms with Crippen LogP contribution in [0, 0.1) is 0 Å². The molecule has 212 valence electrons. The highest BCUT2D eigenvalue weighted by Gasteiger charge is 2.26. The first-order valence-electron chi connectivity index (χ1n) is 15.6. The molecule has 11 aromatic rings. The third-order valence-corrected chi connectivity index (χ3v) is 9.69. The SMILES string of the molecule is c1ccc(-c2nc(-n3c4ccccc4c4cc5c6ccccc6n6c7ccc8ccccc8c7c(c43)c56)nc3ncccc23)cc1. The van der Waals surface area contributed by atoms with Gasteiger partial charge in [0, 0.05) is 49.5 Å². The Balaban J connectivity index is 1.43. The number of aromatic nitrogens is 5. The molecule has 0 aliphatic heterocycles. The Hall–Kier alpha value is -6.33. The molecule has 0 saturated carbocycles. The highest BCUT2D eigenvalue weighted by molar-refractivity contribution is 6.37. The molecule has 0 amide bonds. The average Bonchev–Trinajstić information content (AvgIpc) is 3.76. The maximum absolute atomic E-state index is 5.35. The van der Waals surface area contributed by atoms with Crippen LogP contribution in [-0.4, -0.2) is 23.9 Å². The van der Waals surface area contributed by atoms with Gasteiger partial charge in [0.15, 0.2) is 5.65 Å². The van der Waals surface area contributed by atoms with E-state index < -0.39 is 0 Å². The summed E-state index contributed by atoms with van der Waals surface area (Å²) in [7, 11) is 0. The second-order valence-electron chi connectivity index (χ2n) is 12.0.